The molecule has 0 saturated carbocycles. The average molecular weight is 210 g/mol. The second kappa shape index (κ2) is 5.84. The Labute approximate surface area is 90.8 Å². The summed E-state index contributed by atoms with van der Waals surface area (Å²) in [4.78, 5) is 0. The van der Waals surface area contributed by atoms with E-state index in [-0.39, 0.29) is 0 Å². The van der Waals surface area contributed by atoms with Crippen molar-refractivity contribution in [2.75, 3.05) is 6.54 Å². The van der Waals surface area contributed by atoms with Crippen molar-refractivity contribution in [1.29, 1.82) is 0 Å². The molecule has 14 heavy (non-hydrogen) atoms. The van der Waals surface area contributed by atoms with Crippen molar-refractivity contribution in [3.05, 3.63) is 47.5 Å². The first-order valence-electron chi connectivity index (χ1n) is 4.84. The van der Waals surface area contributed by atoms with E-state index >= 15 is 0 Å². The van der Waals surface area contributed by atoms with Crippen LogP contribution in [0.5, 0.6) is 0 Å². The molecule has 1 nitrogen and oxygen atoms in total. The van der Waals surface area contributed by atoms with Crippen LogP contribution in [0.2, 0.25) is 5.02 Å². The van der Waals surface area contributed by atoms with E-state index < -0.39 is 0 Å². The van der Waals surface area contributed by atoms with Gasteiger partial charge in [-0.15, -0.1) is 6.58 Å². The van der Waals surface area contributed by atoms with Crippen LogP contribution in [0.25, 0.3) is 0 Å². The molecule has 1 aromatic rings. The summed E-state index contributed by atoms with van der Waals surface area (Å²) < 4.78 is 0. The van der Waals surface area contributed by atoms with Gasteiger partial charge in [-0.25, -0.2) is 0 Å². The van der Waals surface area contributed by atoms with E-state index in [2.05, 4.69) is 24.9 Å². The number of hydrogen-bond donors (Lipinski definition) is 1. The molecule has 2 heteroatoms. The zero-order valence-corrected chi connectivity index (χ0v) is 9.22. The SMILES string of the molecule is C=CCCN[C@@H](C)c1cccc(Cl)c1. The summed E-state index contributed by atoms with van der Waals surface area (Å²) in [5.41, 5.74) is 1.22. The predicted molar refractivity (Wildman–Crippen MR) is 62.7 cm³/mol. The second-order valence-electron chi connectivity index (χ2n) is 3.31. The monoisotopic (exact) mass is 209 g/mol. The van der Waals surface area contributed by atoms with E-state index in [1.165, 1.54) is 5.56 Å². The Kier molecular flexibility index (Phi) is 4.71. The summed E-state index contributed by atoms with van der Waals surface area (Å²) in [7, 11) is 0. The molecule has 0 aliphatic carbocycles. The molecule has 0 saturated heterocycles. The van der Waals surface area contributed by atoms with E-state index in [1.807, 2.05) is 24.3 Å². The fourth-order valence-electron chi connectivity index (χ4n) is 1.30. The molecule has 1 N–H and O–H groups in total. The van der Waals surface area contributed by atoms with E-state index in [1.54, 1.807) is 0 Å². The third-order valence-corrected chi connectivity index (χ3v) is 2.38. The topological polar surface area (TPSA) is 12.0 Å². The maximum atomic E-state index is 5.91. The van der Waals surface area contributed by atoms with Gasteiger partial charge in [0, 0.05) is 11.1 Å². The molecule has 76 valence electrons. The largest absolute Gasteiger partial charge is 0.310 e. The molecule has 0 aliphatic rings. The normalized spacial score (nSPS) is 12.4. The van der Waals surface area contributed by atoms with Crippen LogP contribution in [0, 0.1) is 0 Å². The summed E-state index contributed by atoms with van der Waals surface area (Å²) in [5.74, 6) is 0. The molecule has 0 unspecified atom stereocenters. The smallest absolute Gasteiger partial charge is 0.0409 e. The van der Waals surface area contributed by atoms with Crippen LogP contribution in [0.4, 0.5) is 0 Å². The van der Waals surface area contributed by atoms with Gasteiger partial charge in [0.25, 0.3) is 0 Å². The van der Waals surface area contributed by atoms with Crippen molar-refractivity contribution in [2.45, 2.75) is 19.4 Å². The predicted octanol–water partition coefficient (Wildman–Crippen LogP) is 3.57. The minimum absolute atomic E-state index is 0.341. The second-order valence-corrected chi connectivity index (χ2v) is 3.74. The van der Waals surface area contributed by atoms with E-state index in [0.29, 0.717) is 6.04 Å². The van der Waals surface area contributed by atoms with Crippen LogP contribution in [-0.4, -0.2) is 6.54 Å². The van der Waals surface area contributed by atoms with Crippen LogP contribution in [-0.2, 0) is 0 Å². The van der Waals surface area contributed by atoms with Crippen LogP contribution in [0.15, 0.2) is 36.9 Å². The zero-order chi connectivity index (χ0) is 10.4. The quantitative estimate of drug-likeness (QED) is 0.578. The third-order valence-electron chi connectivity index (χ3n) is 2.15. The molecule has 0 fully saturated rings. The van der Waals surface area contributed by atoms with Crippen LogP contribution >= 0.6 is 11.6 Å². The van der Waals surface area contributed by atoms with Gasteiger partial charge in [0.1, 0.15) is 0 Å². The highest BCUT2D eigenvalue weighted by molar-refractivity contribution is 6.30. The standard InChI is InChI=1S/C12H16ClN/c1-3-4-8-14-10(2)11-6-5-7-12(13)9-11/h3,5-7,9-10,14H,1,4,8H2,2H3/t10-/m0/s1. The highest BCUT2D eigenvalue weighted by atomic mass is 35.5. The Balaban J connectivity index is 2.51. The number of hydrogen-bond acceptors (Lipinski definition) is 1. The van der Waals surface area contributed by atoms with Gasteiger partial charge in [0.15, 0.2) is 0 Å². The molecule has 1 aromatic carbocycles. The minimum atomic E-state index is 0.341. The molecule has 0 heterocycles. The number of rotatable bonds is 5. The first-order chi connectivity index (χ1) is 6.74. The third kappa shape index (κ3) is 3.52. The lowest BCUT2D eigenvalue weighted by Gasteiger charge is -2.13. The highest BCUT2D eigenvalue weighted by Gasteiger charge is 2.03. The Bertz CT molecular complexity index is 296. The number of nitrogens with one attached hydrogen (secondary N) is 1. The zero-order valence-electron chi connectivity index (χ0n) is 8.46. The molecule has 1 rings (SSSR count). The van der Waals surface area contributed by atoms with Crippen molar-refractivity contribution in [2.24, 2.45) is 0 Å². The Morgan fingerprint density at radius 3 is 3.00 bits per heavy atom. The lowest BCUT2D eigenvalue weighted by Crippen LogP contribution is -2.19. The van der Waals surface area contributed by atoms with Crippen molar-refractivity contribution in [3.63, 3.8) is 0 Å². The van der Waals surface area contributed by atoms with Gasteiger partial charge in [0.05, 0.1) is 0 Å². The molecular weight excluding hydrogens is 194 g/mol. The first kappa shape index (κ1) is 11.3. The van der Waals surface area contributed by atoms with Gasteiger partial charge < -0.3 is 5.32 Å². The highest BCUT2D eigenvalue weighted by Crippen LogP contribution is 2.16. The van der Waals surface area contributed by atoms with Gasteiger partial charge in [-0.05, 0) is 37.6 Å². The first-order valence-corrected chi connectivity index (χ1v) is 5.21. The van der Waals surface area contributed by atoms with Gasteiger partial charge in [-0.3, -0.25) is 0 Å². The molecule has 0 amide bonds. The molecule has 0 radical (unpaired) electrons. The molecule has 0 aromatic heterocycles. The van der Waals surface area contributed by atoms with Crippen LogP contribution in [0.1, 0.15) is 24.9 Å². The van der Waals surface area contributed by atoms with Gasteiger partial charge >= 0.3 is 0 Å². The van der Waals surface area contributed by atoms with E-state index in [9.17, 15) is 0 Å². The molecular formula is C12H16ClN. The van der Waals surface area contributed by atoms with Crippen molar-refractivity contribution in [3.8, 4) is 0 Å². The fraction of sp³-hybridized carbons (Fsp3) is 0.333. The number of halogens is 1. The van der Waals surface area contributed by atoms with Crippen molar-refractivity contribution >= 4 is 11.6 Å². The van der Waals surface area contributed by atoms with E-state index in [4.69, 9.17) is 11.6 Å². The summed E-state index contributed by atoms with van der Waals surface area (Å²) in [5, 5.41) is 4.19. The Morgan fingerprint density at radius 2 is 2.36 bits per heavy atom. The van der Waals surface area contributed by atoms with Gasteiger partial charge in [-0.1, -0.05) is 29.8 Å². The minimum Gasteiger partial charge on any atom is -0.310 e. The summed E-state index contributed by atoms with van der Waals surface area (Å²) in [6, 6.07) is 8.28. The van der Waals surface area contributed by atoms with Crippen molar-refractivity contribution < 1.29 is 0 Å². The van der Waals surface area contributed by atoms with Crippen LogP contribution in [0.3, 0.4) is 0 Å². The average Bonchev–Trinajstić information content (AvgIpc) is 2.18. The van der Waals surface area contributed by atoms with Gasteiger partial charge in [-0.2, -0.15) is 0 Å². The maximum Gasteiger partial charge on any atom is 0.0409 e. The Morgan fingerprint density at radius 1 is 1.57 bits per heavy atom. The lowest BCUT2D eigenvalue weighted by molar-refractivity contribution is 0.581. The summed E-state index contributed by atoms with van der Waals surface area (Å²) in [6.07, 6.45) is 2.91. The molecule has 1 atom stereocenters. The van der Waals surface area contributed by atoms with Gasteiger partial charge in [0.2, 0.25) is 0 Å². The summed E-state index contributed by atoms with van der Waals surface area (Å²) in [6.45, 7) is 6.77. The maximum absolute atomic E-state index is 5.91. The lowest BCUT2D eigenvalue weighted by atomic mass is 10.1. The number of benzene rings is 1. The molecule has 0 spiro atoms. The van der Waals surface area contributed by atoms with E-state index in [0.717, 1.165) is 18.0 Å². The Hall–Kier alpha value is -0.790. The van der Waals surface area contributed by atoms with Crippen LogP contribution < -0.4 is 5.32 Å². The molecule has 0 aliphatic heterocycles. The summed E-state index contributed by atoms with van der Waals surface area (Å²) >= 11 is 5.91. The van der Waals surface area contributed by atoms with Crippen molar-refractivity contribution in [1.82, 2.24) is 5.32 Å². The molecule has 0 bridgehead atoms. The fourth-order valence-corrected chi connectivity index (χ4v) is 1.49.